The quantitative estimate of drug-likeness (QED) is 0.881. The minimum Gasteiger partial charge on any atom is -0.497 e. The van der Waals surface area contributed by atoms with Gasteiger partial charge in [-0.15, -0.1) is 0 Å². The van der Waals surface area contributed by atoms with Crippen LogP contribution in [0.25, 0.3) is 0 Å². The molecule has 0 aliphatic rings. The minimum absolute atomic E-state index is 0.610. The molecule has 0 saturated heterocycles. The lowest BCUT2D eigenvalue weighted by atomic mass is 10.2. The number of methoxy groups -OCH3 is 2. The number of benzene rings is 1. The Labute approximate surface area is 106 Å². The first-order valence-corrected chi connectivity index (χ1v) is 5.61. The average molecular weight is 248 g/mol. The van der Waals surface area contributed by atoms with Gasteiger partial charge in [0, 0.05) is 24.2 Å². The van der Waals surface area contributed by atoms with Crippen molar-refractivity contribution in [1.82, 2.24) is 5.16 Å². The van der Waals surface area contributed by atoms with Crippen molar-refractivity contribution in [3.63, 3.8) is 0 Å². The Morgan fingerprint density at radius 2 is 2.06 bits per heavy atom. The number of nitrogens with zero attached hydrogens (tertiary/aromatic N) is 1. The maximum Gasteiger partial charge on any atom is 0.169 e. The van der Waals surface area contributed by atoms with Crippen molar-refractivity contribution in [2.45, 2.75) is 13.5 Å². The average Bonchev–Trinajstić information content (AvgIpc) is 2.82. The molecule has 0 unspecified atom stereocenters. The molecule has 1 aromatic heterocycles. The number of hydrogen-bond donors (Lipinski definition) is 1. The Balaban J connectivity index is 2.08. The van der Waals surface area contributed by atoms with Gasteiger partial charge in [-0.1, -0.05) is 5.16 Å². The highest BCUT2D eigenvalue weighted by molar-refractivity contribution is 5.43. The van der Waals surface area contributed by atoms with E-state index >= 15 is 0 Å². The maximum atomic E-state index is 5.32. The van der Waals surface area contributed by atoms with Crippen LogP contribution in [-0.4, -0.2) is 19.4 Å². The molecule has 1 heterocycles. The topological polar surface area (TPSA) is 56.5 Å². The normalized spacial score (nSPS) is 10.2. The third kappa shape index (κ3) is 2.74. The number of ether oxygens (including phenoxy) is 2. The second kappa shape index (κ2) is 5.44. The first-order valence-electron chi connectivity index (χ1n) is 5.61. The minimum atomic E-state index is 0.610. The highest BCUT2D eigenvalue weighted by Gasteiger charge is 2.06. The highest BCUT2D eigenvalue weighted by atomic mass is 16.5. The molecule has 0 fully saturated rings. The molecule has 0 spiro atoms. The van der Waals surface area contributed by atoms with Crippen LogP contribution in [0, 0.1) is 6.92 Å². The lowest BCUT2D eigenvalue weighted by Gasteiger charge is -2.10. The molecule has 5 heteroatoms. The third-order valence-electron chi connectivity index (χ3n) is 2.58. The van der Waals surface area contributed by atoms with Gasteiger partial charge in [0.2, 0.25) is 0 Å². The Bertz CT molecular complexity index is 523. The van der Waals surface area contributed by atoms with E-state index in [2.05, 4.69) is 10.5 Å². The molecule has 0 saturated carbocycles. The van der Waals surface area contributed by atoms with E-state index in [0.717, 1.165) is 22.8 Å². The van der Waals surface area contributed by atoms with Crippen LogP contribution < -0.4 is 14.8 Å². The predicted octanol–water partition coefficient (Wildman–Crippen LogP) is 2.61. The van der Waals surface area contributed by atoms with Gasteiger partial charge in [-0.2, -0.15) is 0 Å². The first kappa shape index (κ1) is 12.3. The molecule has 0 aliphatic carbocycles. The predicted molar refractivity (Wildman–Crippen MR) is 68.1 cm³/mol. The van der Waals surface area contributed by atoms with Gasteiger partial charge in [-0.05, 0) is 19.1 Å². The standard InChI is InChI=1S/C13H16N2O3/c1-9-6-13(15-18-9)14-8-10-4-5-11(16-2)7-12(10)17-3/h4-7H,8H2,1-3H3,(H,14,15). The van der Waals surface area contributed by atoms with Gasteiger partial charge < -0.3 is 19.3 Å². The Kier molecular flexibility index (Phi) is 3.72. The zero-order valence-electron chi connectivity index (χ0n) is 10.7. The maximum absolute atomic E-state index is 5.32. The highest BCUT2D eigenvalue weighted by Crippen LogP contribution is 2.25. The van der Waals surface area contributed by atoms with Crippen LogP contribution in [0.2, 0.25) is 0 Å². The number of anilines is 1. The summed E-state index contributed by atoms with van der Waals surface area (Å²) in [6.07, 6.45) is 0. The molecule has 1 N–H and O–H groups in total. The molecular weight excluding hydrogens is 232 g/mol. The van der Waals surface area contributed by atoms with E-state index in [1.807, 2.05) is 31.2 Å². The van der Waals surface area contributed by atoms with Gasteiger partial charge in [-0.3, -0.25) is 0 Å². The van der Waals surface area contributed by atoms with Crippen molar-refractivity contribution >= 4 is 5.82 Å². The number of aromatic nitrogens is 1. The van der Waals surface area contributed by atoms with Crippen LogP contribution in [0.1, 0.15) is 11.3 Å². The second-order valence-electron chi connectivity index (χ2n) is 3.85. The van der Waals surface area contributed by atoms with E-state index < -0.39 is 0 Å². The SMILES string of the molecule is COc1ccc(CNc2cc(C)on2)c(OC)c1. The van der Waals surface area contributed by atoms with Gasteiger partial charge in [0.05, 0.1) is 14.2 Å². The lowest BCUT2D eigenvalue weighted by molar-refractivity contribution is 0.391. The molecule has 0 bridgehead atoms. The molecule has 96 valence electrons. The molecule has 0 amide bonds. The fourth-order valence-corrected chi connectivity index (χ4v) is 1.63. The van der Waals surface area contributed by atoms with Crippen LogP contribution in [0.3, 0.4) is 0 Å². The van der Waals surface area contributed by atoms with Gasteiger partial charge >= 0.3 is 0 Å². The van der Waals surface area contributed by atoms with Crippen molar-refractivity contribution in [2.24, 2.45) is 0 Å². The number of hydrogen-bond acceptors (Lipinski definition) is 5. The number of aryl methyl sites for hydroxylation is 1. The third-order valence-corrected chi connectivity index (χ3v) is 2.58. The molecular formula is C13H16N2O3. The fraction of sp³-hybridized carbons (Fsp3) is 0.308. The van der Waals surface area contributed by atoms with Crippen molar-refractivity contribution in [2.75, 3.05) is 19.5 Å². The molecule has 18 heavy (non-hydrogen) atoms. The van der Waals surface area contributed by atoms with Gasteiger partial charge in [-0.25, -0.2) is 0 Å². The Morgan fingerprint density at radius 3 is 2.67 bits per heavy atom. The van der Waals surface area contributed by atoms with E-state index in [9.17, 15) is 0 Å². The Hall–Kier alpha value is -2.17. The van der Waals surface area contributed by atoms with Crippen molar-refractivity contribution < 1.29 is 14.0 Å². The summed E-state index contributed by atoms with van der Waals surface area (Å²) in [6, 6.07) is 7.55. The molecule has 2 aromatic rings. The summed E-state index contributed by atoms with van der Waals surface area (Å²) in [4.78, 5) is 0. The van der Waals surface area contributed by atoms with Gasteiger partial charge in [0.15, 0.2) is 5.82 Å². The van der Waals surface area contributed by atoms with E-state index in [1.54, 1.807) is 14.2 Å². The Morgan fingerprint density at radius 1 is 1.22 bits per heavy atom. The number of rotatable bonds is 5. The van der Waals surface area contributed by atoms with E-state index in [-0.39, 0.29) is 0 Å². The van der Waals surface area contributed by atoms with Crippen LogP contribution >= 0.6 is 0 Å². The van der Waals surface area contributed by atoms with E-state index in [4.69, 9.17) is 14.0 Å². The zero-order chi connectivity index (χ0) is 13.0. The van der Waals surface area contributed by atoms with Crippen molar-refractivity contribution in [3.05, 3.63) is 35.6 Å². The molecule has 0 radical (unpaired) electrons. The van der Waals surface area contributed by atoms with Crippen molar-refractivity contribution in [1.29, 1.82) is 0 Å². The van der Waals surface area contributed by atoms with Crippen LogP contribution in [0.4, 0.5) is 5.82 Å². The van der Waals surface area contributed by atoms with Crippen LogP contribution in [0.5, 0.6) is 11.5 Å². The molecule has 5 nitrogen and oxygen atoms in total. The summed E-state index contributed by atoms with van der Waals surface area (Å²) < 4.78 is 15.4. The largest absolute Gasteiger partial charge is 0.497 e. The molecule has 0 aliphatic heterocycles. The smallest absolute Gasteiger partial charge is 0.169 e. The summed E-state index contributed by atoms with van der Waals surface area (Å²) >= 11 is 0. The summed E-state index contributed by atoms with van der Waals surface area (Å²) in [5.74, 6) is 3.04. The van der Waals surface area contributed by atoms with E-state index in [0.29, 0.717) is 12.4 Å². The van der Waals surface area contributed by atoms with E-state index in [1.165, 1.54) is 0 Å². The second-order valence-corrected chi connectivity index (χ2v) is 3.85. The zero-order valence-corrected chi connectivity index (χ0v) is 10.7. The lowest BCUT2D eigenvalue weighted by Crippen LogP contribution is -2.02. The summed E-state index contributed by atoms with van der Waals surface area (Å²) in [5.41, 5.74) is 1.03. The summed E-state index contributed by atoms with van der Waals surface area (Å²) in [7, 11) is 3.27. The number of nitrogens with one attached hydrogen (secondary N) is 1. The van der Waals surface area contributed by atoms with Crippen molar-refractivity contribution in [3.8, 4) is 11.5 Å². The first-order chi connectivity index (χ1) is 8.72. The molecule has 0 atom stereocenters. The van der Waals surface area contributed by atoms with Gasteiger partial charge in [0.25, 0.3) is 0 Å². The van der Waals surface area contributed by atoms with Crippen LogP contribution in [-0.2, 0) is 6.54 Å². The van der Waals surface area contributed by atoms with Gasteiger partial charge in [0.1, 0.15) is 17.3 Å². The summed E-state index contributed by atoms with van der Waals surface area (Å²) in [6.45, 7) is 2.46. The molecule has 2 rings (SSSR count). The van der Waals surface area contributed by atoms with Crippen LogP contribution in [0.15, 0.2) is 28.8 Å². The monoisotopic (exact) mass is 248 g/mol. The summed E-state index contributed by atoms with van der Waals surface area (Å²) in [5, 5.41) is 7.04. The fourth-order valence-electron chi connectivity index (χ4n) is 1.63. The molecule has 1 aromatic carbocycles.